The minimum absolute atomic E-state index is 0.0220. The summed E-state index contributed by atoms with van der Waals surface area (Å²) in [5.41, 5.74) is 0. The van der Waals surface area contributed by atoms with Crippen LogP contribution in [0.15, 0.2) is 24.3 Å². The molecule has 5 nitrogen and oxygen atoms in total. The topological polar surface area (TPSA) is 67.4 Å². The fourth-order valence-corrected chi connectivity index (χ4v) is 1.73. The lowest BCUT2D eigenvalue weighted by atomic mass is 10.3. The summed E-state index contributed by atoms with van der Waals surface area (Å²) in [6.07, 6.45) is 2.88. The quantitative estimate of drug-likeness (QED) is 0.712. The van der Waals surface area contributed by atoms with Gasteiger partial charge in [-0.3, -0.25) is 9.59 Å². The zero-order valence-corrected chi connectivity index (χ0v) is 11.7. The molecule has 0 aliphatic heterocycles. The second-order valence-electron chi connectivity index (χ2n) is 5.02. The van der Waals surface area contributed by atoms with E-state index in [0.29, 0.717) is 24.8 Å². The first-order valence-corrected chi connectivity index (χ1v) is 7.08. The maximum Gasteiger partial charge on any atom is 0.239 e. The van der Waals surface area contributed by atoms with E-state index in [2.05, 4.69) is 10.6 Å². The number of carbonyl (C=O) groups excluding carboxylic acids is 2. The lowest BCUT2D eigenvalue weighted by Gasteiger charge is -2.07. The molecule has 0 aromatic heterocycles. The van der Waals surface area contributed by atoms with Crippen molar-refractivity contribution in [3.05, 3.63) is 30.1 Å². The van der Waals surface area contributed by atoms with Crippen molar-refractivity contribution < 1.29 is 18.7 Å². The number of amides is 2. The molecule has 2 rings (SSSR count). The van der Waals surface area contributed by atoms with Gasteiger partial charge in [0.1, 0.15) is 11.6 Å². The zero-order chi connectivity index (χ0) is 15.1. The van der Waals surface area contributed by atoms with Crippen molar-refractivity contribution in [1.82, 2.24) is 10.6 Å². The van der Waals surface area contributed by atoms with Crippen molar-refractivity contribution in [2.24, 2.45) is 0 Å². The van der Waals surface area contributed by atoms with E-state index in [9.17, 15) is 14.0 Å². The van der Waals surface area contributed by atoms with Crippen molar-refractivity contribution in [2.75, 3.05) is 13.2 Å². The molecule has 0 saturated heterocycles. The molecule has 21 heavy (non-hydrogen) atoms. The van der Waals surface area contributed by atoms with Crippen LogP contribution in [0.2, 0.25) is 0 Å². The van der Waals surface area contributed by atoms with Crippen LogP contribution >= 0.6 is 0 Å². The van der Waals surface area contributed by atoms with Crippen LogP contribution in [0.4, 0.5) is 4.39 Å². The minimum atomic E-state index is -0.314. The molecule has 0 atom stereocenters. The van der Waals surface area contributed by atoms with Crippen LogP contribution in [0.5, 0.6) is 5.75 Å². The summed E-state index contributed by atoms with van der Waals surface area (Å²) in [5.74, 6) is -0.0658. The van der Waals surface area contributed by atoms with E-state index in [1.807, 2.05) is 0 Å². The van der Waals surface area contributed by atoms with Crippen LogP contribution < -0.4 is 15.4 Å². The molecule has 0 heterocycles. The highest BCUT2D eigenvalue weighted by atomic mass is 19.1. The minimum Gasteiger partial charge on any atom is -0.494 e. The molecule has 2 N–H and O–H groups in total. The van der Waals surface area contributed by atoms with Gasteiger partial charge in [-0.25, -0.2) is 4.39 Å². The maximum absolute atomic E-state index is 12.7. The second-order valence-corrected chi connectivity index (χ2v) is 5.02. The van der Waals surface area contributed by atoms with E-state index >= 15 is 0 Å². The van der Waals surface area contributed by atoms with E-state index in [0.717, 1.165) is 12.8 Å². The Balaban J connectivity index is 1.52. The van der Waals surface area contributed by atoms with E-state index in [1.54, 1.807) is 0 Å². The summed E-state index contributed by atoms with van der Waals surface area (Å²) in [5, 5.41) is 5.36. The number of hydrogen-bond acceptors (Lipinski definition) is 3. The third-order valence-electron chi connectivity index (χ3n) is 3.02. The molecule has 0 bridgehead atoms. The fraction of sp³-hybridized carbons (Fsp3) is 0.467. The van der Waals surface area contributed by atoms with Gasteiger partial charge in [0.25, 0.3) is 0 Å². The Labute approximate surface area is 122 Å². The van der Waals surface area contributed by atoms with Gasteiger partial charge in [0.15, 0.2) is 0 Å². The Bertz CT molecular complexity index is 486. The molecule has 0 radical (unpaired) electrons. The first kappa shape index (κ1) is 15.3. The van der Waals surface area contributed by atoms with Crippen molar-refractivity contribution in [3.8, 4) is 5.75 Å². The molecule has 1 aromatic rings. The van der Waals surface area contributed by atoms with E-state index < -0.39 is 0 Å². The summed E-state index contributed by atoms with van der Waals surface area (Å²) < 4.78 is 18.0. The normalized spacial score (nSPS) is 13.6. The zero-order valence-electron chi connectivity index (χ0n) is 11.7. The Morgan fingerprint density at radius 2 is 1.90 bits per heavy atom. The van der Waals surface area contributed by atoms with Gasteiger partial charge in [-0.2, -0.15) is 0 Å². The van der Waals surface area contributed by atoms with Crippen LogP contribution in [-0.2, 0) is 9.59 Å². The van der Waals surface area contributed by atoms with Crippen LogP contribution in [-0.4, -0.2) is 31.0 Å². The molecule has 0 unspecified atom stereocenters. The predicted octanol–water partition coefficient (Wildman–Crippen LogP) is 1.38. The molecule has 6 heteroatoms. The Kier molecular flexibility index (Phi) is 5.54. The first-order chi connectivity index (χ1) is 10.1. The Morgan fingerprint density at radius 3 is 2.57 bits per heavy atom. The molecule has 1 aliphatic carbocycles. The second kappa shape index (κ2) is 7.61. The lowest BCUT2D eigenvalue weighted by molar-refractivity contribution is -0.126. The summed E-state index contributed by atoms with van der Waals surface area (Å²) in [4.78, 5) is 22.9. The van der Waals surface area contributed by atoms with E-state index in [1.165, 1.54) is 24.3 Å². The Morgan fingerprint density at radius 1 is 1.19 bits per heavy atom. The maximum atomic E-state index is 12.7. The molecule has 114 valence electrons. The third kappa shape index (κ3) is 6.25. The van der Waals surface area contributed by atoms with Gasteiger partial charge in [0.05, 0.1) is 13.2 Å². The summed E-state index contributed by atoms with van der Waals surface area (Å²) >= 11 is 0. The highest BCUT2D eigenvalue weighted by Crippen LogP contribution is 2.18. The standard InChI is InChI=1S/C15H19FN2O3/c16-11-3-7-13(8-4-11)21-9-1-2-14(19)17-10-15(20)18-12-5-6-12/h3-4,7-8,12H,1-2,5-6,9-10H2,(H,17,19)(H,18,20). The van der Waals surface area contributed by atoms with Crippen molar-refractivity contribution in [2.45, 2.75) is 31.7 Å². The number of ether oxygens (including phenoxy) is 1. The first-order valence-electron chi connectivity index (χ1n) is 7.08. The summed E-state index contributed by atoms with van der Waals surface area (Å²) in [7, 11) is 0. The largest absolute Gasteiger partial charge is 0.494 e. The SMILES string of the molecule is O=C(CCCOc1ccc(F)cc1)NCC(=O)NC1CC1. The molecule has 1 aromatic carbocycles. The van der Waals surface area contributed by atoms with E-state index in [-0.39, 0.29) is 30.6 Å². The predicted molar refractivity (Wildman–Crippen MR) is 75.3 cm³/mol. The summed E-state index contributed by atoms with van der Waals surface area (Å²) in [6.45, 7) is 0.390. The number of nitrogens with one attached hydrogen (secondary N) is 2. The van der Waals surface area contributed by atoms with Crippen molar-refractivity contribution in [1.29, 1.82) is 0 Å². The van der Waals surface area contributed by atoms with Gasteiger partial charge >= 0.3 is 0 Å². The Hall–Kier alpha value is -2.11. The van der Waals surface area contributed by atoms with Crippen LogP contribution in [0.25, 0.3) is 0 Å². The summed E-state index contributed by atoms with van der Waals surface area (Å²) in [6, 6.07) is 6.02. The van der Waals surface area contributed by atoms with Gasteiger partial charge in [-0.05, 0) is 43.5 Å². The fourth-order valence-electron chi connectivity index (χ4n) is 1.73. The average Bonchev–Trinajstić information content (AvgIpc) is 3.27. The van der Waals surface area contributed by atoms with Gasteiger partial charge < -0.3 is 15.4 Å². The molecule has 1 fully saturated rings. The third-order valence-corrected chi connectivity index (χ3v) is 3.02. The van der Waals surface area contributed by atoms with Crippen molar-refractivity contribution in [3.63, 3.8) is 0 Å². The van der Waals surface area contributed by atoms with Crippen molar-refractivity contribution >= 4 is 11.8 Å². The van der Waals surface area contributed by atoms with E-state index in [4.69, 9.17) is 4.74 Å². The smallest absolute Gasteiger partial charge is 0.239 e. The number of rotatable bonds is 8. The highest BCUT2D eigenvalue weighted by molar-refractivity contribution is 5.84. The van der Waals surface area contributed by atoms with Gasteiger partial charge in [-0.15, -0.1) is 0 Å². The highest BCUT2D eigenvalue weighted by Gasteiger charge is 2.23. The molecule has 2 amide bonds. The molecule has 1 saturated carbocycles. The monoisotopic (exact) mass is 294 g/mol. The van der Waals surface area contributed by atoms with Crippen LogP contribution in [0.3, 0.4) is 0 Å². The van der Waals surface area contributed by atoms with Gasteiger partial charge in [0, 0.05) is 12.5 Å². The molecular formula is C15H19FN2O3. The number of benzene rings is 1. The van der Waals surface area contributed by atoms with Gasteiger partial charge in [0.2, 0.25) is 11.8 Å². The van der Waals surface area contributed by atoms with Gasteiger partial charge in [-0.1, -0.05) is 0 Å². The number of carbonyl (C=O) groups is 2. The molecule has 0 spiro atoms. The lowest BCUT2D eigenvalue weighted by Crippen LogP contribution is -2.37. The molecular weight excluding hydrogens is 275 g/mol. The number of hydrogen-bond donors (Lipinski definition) is 2. The van der Waals surface area contributed by atoms with Crippen LogP contribution in [0, 0.1) is 5.82 Å². The van der Waals surface area contributed by atoms with Crippen LogP contribution in [0.1, 0.15) is 25.7 Å². The average molecular weight is 294 g/mol. The number of halogens is 1. The molecule has 1 aliphatic rings.